The Balaban J connectivity index is 2.02. The number of thiazole rings is 1. The van der Waals surface area contributed by atoms with Crippen LogP contribution in [-0.2, 0) is 6.54 Å². The van der Waals surface area contributed by atoms with E-state index in [2.05, 4.69) is 14.7 Å². The number of anilines is 2. The van der Waals surface area contributed by atoms with Crippen LogP contribution in [-0.4, -0.2) is 9.36 Å². The number of hydrogen-bond donors (Lipinski definition) is 2. The van der Waals surface area contributed by atoms with Crippen LogP contribution in [0.25, 0.3) is 0 Å². The van der Waals surface area contributed by atoms with Crippen molar-refractivity contribution in [1.29, 1.82) is 0 Å². The molecule has 2 heterocycles. The smallest absolute Gasteiger partial charge is 0.142 e. The fourth-order valence-electron chi connectivity index (χ4n) is 1.17. The fraction of sp³-hybridized carbons (Fsp3) is 0.333. The van der Waals surface area contributed by atoms with Crippen LogP contribution in [0.15, 0.2) is 6.20 Å². The number of nitrogen functional groups attached to an aromatic ring is 1. The molecule has 2 rings (SSSR count). The highest BCUT2D eigenvalue weighted by Gasteiger charge is 2.06. The second kappa shape index (κ2) is 4.16. The van der Waals surface area contributed by atoms with Crippen molar-refractivity contribution in [2.75, 3.05) is 11.1 Å². The monoisotopic (exact) mass is 240 g/mol. The Hall–Kier alpha value is -1.14. The number of rotatable bonds is 3. The summed E-state index contributed by atoms with van der Waals surface area (Å²) in [5.74, 6) is 0.614. The number of nitrogens with two attached hydrogens (primary N) is 1. The van der Waals surface area contributed by atoms with Crippen LogP contribution in [0.3, 0.4) is 0 Å². The number of hydrogen-bond acceptors (Lipinski definition) is 6. The number of nitrogens with zero attached hydrogens (tertiary/aromatic N) is 2. The average molecular weight is 240 g/mol. The first-order chi connectivity index (χ1) is 7.16. The zero-order valence-electron chi connectivity index (χ0n) is 8.57. The van der Waals surface area contributed by atoms with Gasteiger partial charge in [-0.2, -0.15) is 4.37 Å². The van der Waals surface area contributed by atoms with Gasteiger partial charge in [-0.1, -0.05) is 0 Å². The lowest BCUT2D eigenvalue weighted by Gasteiger charge is -2.01. The predicted octanol–water partition coefficient (Wildman–Crippen LogP) is 2.41. The third-order valence-corrected chi connectivity index (χ3v) is 3.89. The molecule has 0 saturated carbocycles. The normalized spacial score (nSPS) is 10.5. The molecule has 2 aromatic heterocycles. The molecule has 6 heteroatoms. The van der Waals surface area contributed by atoms with Crippen molar-refractivity contribution >= 4 is 33.7 Å². The first kappa shape index (κ1) is 10.4. The van der Waals surface area contributed by atoms with Gasteiger partial charge in [-0.3, -0.25) is 0 Å². The lowest BCUT2D eigenvalue weighted by atomic mass is 10.3. The van der Waals surface area contributed by atoms with E-state index >= 15 is 0 Å². The summed E-state index contributed by atoms with van der Waals surface area (Å²) in [7, 11) is 0. The van der Waals surface area contributed by atoms with Crippen molar-refractivity contribution < 1.29 is 0 Å². The lowest BCUT2D eigenvalue weighted by molar-refractivity contribution is 1.17. The van der Waals surface area contributed by atoms with Gasteiger partial charge in [0, 0.05) is 16.6 Å². The van der Waals surface area contributed by atoms with E-state index in [-0.39, 0.29) is 0 Å². The Morgan fingerprint density at radius 1 is 1.47 bits per heavy atom. The minimum absolute atomic E-state index is 0.614. The molecule has 0 fully saturated rings. The topological polar surface area (TPSA) is 63.8 Å². The minimum Gasteiger partial charge on any atom is -0.383 e. The zero-order valence-corrected chi connectivity index (χ0v) is 10.2. The van der Waals surface area contributed by atoms with Gasteiger partial charge in [-0.15, -0.1) is 11.3 Å². The van der Waals surface area contributed by atoms with Gasteiger partial charge in [0.1, 0.15) is 10.8 Å². The number of nitrogens with one attached hydrogen (secondary N) is 1. The minimum atomic E-state index is 0.614. The summed E-state index contributed by atoms with van der Waals surface area (Å²) in [4.78, 5) is 5.42. The summed E-state index contributed by atoms with van der Waals surface area (Å²) in [5, 5.41) is 5.44. The van der Waals surface area contributed by atoms with Crippen molar-refractivity contribution in [2.24, 2.45) is 0 Å². The summed E-state index contributed by atoms with van der Waals surface area (Å²) in [5.41, 5.74) is 6.69. The molecular formula is C9H12N4S2. The SMILES string of the molecule is Cc1ncc(CNc2snc(N)c2C)s1. The molecular weight excluding hydrogens is 228 g/mol. The maximum Gasteiger partial charge on any atom is 0.142 e. The summed E-state index contributed by atoms with van der Waals surface area (Å²) in [6, 6.07) is 0. The maximum atomic E-state index is 5.66. The first-order valence-corrected chi connectivity index (χ1v) is 6.12. The first-order valence-electron chi connectivity index (χ1n) is 4.53. The van der Waals surface area contributed by atoms with E-state index in [1.165, 1.54) is 16.4 Å². The van der Waals surface area contributed by atoms with Crippen molar-refractivity contribution in [3.63, 3.8) is 0 Å². The van der Waals surface area contributed by atoms with Gasteiger partial charge in [0.2, 0.25) is 0 Å². The Morgan fingerprint density at radius 2 is 2.27 bits per heavy atom. The molecule has 15 heavy (non-hydrogen) atoms. The van der Waals surface area contributed by atoms with E-state index in [9.17, 15) is 0 Å². The van der Waals surface area contributed by atoms with E-state index in [1.807, 2.05) is 20.0 Å². The largest absolute Gasteiger partial charge is 0.383 e. The molecule has 0 atom stereocenters. The molecule has 0 bridgehead atoms. The standard InChI is InChI=1S/C9H12N4S2/c1-5-8(10)13-15-9(5)12-4-7-3-11-6(2)14-7/h3,12H,4H2,1-2H3,(H2,10,13). The Labute approximate surface area is 96.3 Å². The molecule has 80 valence electrons. The van der Waals surface area contributed by atoms with E-state index in [0.29, 0.717) is 5.82 Å². The highest BCUT2D eigenvalue weighted by atomic mass is 32.1. The Morgan fingerprint density at radius 3 is 2.80 bits per heavy atom. The molecule has 0 aliphatic heterocycles. The maximum absolute atomic E-state index is 5.66. The van der Waals surface area contributed by atoms with Gasteiger partial charge < -0.3 is 11.1 Å². The van der Waals surface area contributed by atoms with Gasteiger partial charge >= 0.3 is 0 Å². The molecule has 0 radical (unpaired) electrons. The summed E-state index contributed by atoms with van der Waals surface area (Å²) in [6.45, 7) is 4.76. The highest BCUT2D eigenvalue weighted by molar-refractivity contribution is 7.11. The summed E-state index contributed by atoms with van der Waals surface area (Å²) >= 11 is 3.10. The van der Waals surface area contributed by atoms with E-state index in [1.54, 1.807) is 11.3 Å². The highest BCUT2D eigenvalue weighted by Crippen LogP contribution is 2.26. The molecule has 2 aromatic rings. The van der Waals surface area contributed by atoms with Gasteiger partial charge in [-0.05, 0) is 25.4 Å². The van der Waals surface area contributed by atoms with Crippen molar-refractivity contribution in [3.05, 3.63) is 21.6 Å². The van der Waals surface area contributed by atoms with Crippen molar-refractivity contribution in [1.82, 2.24) is 9.36 Å². The predicted molar refractivity (Wildman–Crippen MR) is 65.4 cm³/mol. The third-order valence-electron chi connectivity index (χ3n) is 2.05. The second-order valence-corrected chi connectivity index (χ2v) is 5.31. The summed E-state index contributed by atoms with van der Waals surface area (Å²) < 4.78 is 4.08. The Bertz CT molecular complexity index is 460. The molecule has 3 N–H and O–H groups in total. The molecule has 0 aliphatic carbocycles. The van der Waals surface area contributed by atoms with Crippen LogP contribution in [0.4, 0.5) is 10.8 Å². The fourth-order valence-corrected chi connectivity index (χ4v) is 2.61. The van der Waals surface area contributed by atoms with E-state index in [4.69, 9.17) is 5.73 Å². The molecule has 0 unspecified atom stereocenters. The van der Waals surface area contributed by atoms with Crippen molar-refractivity contribution in [3.8, 4) is 0 Å². The Kier molecular flexibility index (Phi) is 2.88. The molecule has 0 saturated heterocycles. The van der Waals surface area contributed by atoms with Crippen LogP contribution >= 0.6 is 22.9 Å². The van der Waals surface area contributed by atoms with Crippen LogP contribution < -0.4 is 11.1 Å². The number of aryl methyl sites for hydroxylation is 1. The third kappa shape index (κ3) is 2.27. The van der Waals surface area contributed by atoms with Crippen molar-refractivity contribution in [2.45, 2.75) is 20.4 Å². The average Bonchev–Trinajstić information content (AvgIpc) is 2.74. The molecule has 0 aromatic carbocycles. The summed E-state index contributed by atoms with van der Waals surface area (Å²) in [6.07, 6.45) is 1.90. The van der Waals surface area contributed by atoms with Gasteiger partial charge in [0.25, 0.3) is 0 Å². The molecule has 4 nitrogen and oxygen atoms in total. The molecule has 0 amide bonds. The molecule has 0 aliphatic rings. The van der Waals surface area contributed by atoms with E-state index < -0.39 is 0 Å². The molecule has 0 spiro atoms. The van der Waals surface area contributed by atoms with Crippen LogP contribution in [0.1, 0.15) is 15.4 Å². The quantitative estimate of drug-likeness (QED) is 0.864. The van der Waals surface area contributed by atoms with Gasteiger partial charge in [-0.25, -0.2) is 4.98 Å². The lowest BCUT2D eigenvalue weighted by Crippen LogP contribution is -1.97. The van der Waals surface area contributed by atoms with Gasteiger partial charge in [0.15, 0.2) is 0 Å². The number of aromatic nitrogens is 2. The van der Waals surface area contributed by atoms with Crippen LogP contribution in [0.5, 0.6) is 0 Å². The van der Waals surface area contributed by atoms with Gasteiger partial charge in [0.05, 0.1) is 11.6 Å². The van der Waals surface area contributed by atoms with Crippen LogP contribution in [0, 0.1) is 13.8 Å². The zero-order chi connectivity index (χ0) is 10.8. The van der Waals surface area contributed by atoms with Crippen LogP contribution in [0.2, 0.25) is 0 Å². The second-order valence-electron chi connectivity index (χ2n) is 3.22. The van der Waals surface area contributed by atoms with E-state index in [0.717, 1.165) is 22.1 Å².